The molecule has 2 nitrogen and oxygen atoms in total. The maximum Gasteiger partial charge on any atom is 0.118 e. The molecule has 0 spiro atoms. The summed E-state index contributed by atoms with van der Waals surface area (Å²) in [4.78, 5) is 0. The molecule has 2 unspecified atom stereocenters. The Morgan fingerprint density at radius 3 is 2.36 bits per heavy atom. The summed E-state index contributed by atoms with van der Waals surface area (Å²) in [6.45, 7) is 4.44. The second-order valence-electron chi connectivity index (χ2n) is 7.12. The molecule has 2 saturated carbocycles. The van der Waals surface area contributed by atoms with Crippen LogP contribution in [0.15, 0.2) is 41.1 Å². The molecule has 1 N–H and O–H groups in total. The lowest BCUT2D eigenvalue weighted by atomic mass is 9.95. The summed E-state index contributed by atoms with van der Waals surface area (Å²) in [6.07, 6.45) is 5.86. The first kappa shape index (κ1) is 15.4. The third-order valence-electron chi connectivity index (χ3n) is 5.24. The smallest absolute Gasteiger partial charge is 0.118 e. The standard InChI is InChI=1S/C20H26O2/c1-20(2)17(13-14-7-5-4-6-8-14)18(20)19(21)15-9-11-16(22-3)12-10-15/h9-12,18-19,21H,4-8H2,1-3H3. The van der Waals surface area contributed by atoms with Crippen LogP contribution >= 0.6 is 0 Å². The highest BCUT2D eigenvalue weighted by atomic mass is 16.5. The molecule has 2 fully saturated rings. The van der Waals surface area contributed by atoms with Gasteiger partial charge >= 0.3 is 0 Å². The maximum absolute atomic E-state index is 10.7. The first-order valence-electron chi connectivity index (χ1n) is 8.35. The fourth-order valence-electron chi connectivity index (χ4n) is 3.66. The van der Waals surface area contributed by atoms with Crippen molar-refractivity contribution in [2.45, 2.75) is 52.1 Å². The third kappa shape index (κ3) is 2.86. The van der Waals surface area contributed by atoms with Gasteiger partial charge in [-0.25, -0.2) is 0 Å². The van der Waals surface area contributed by atoms with Gasteiger partial charge in [0.05, 0.1) is 13.2 Å². The Balaban J connectivity index is 1.83. The van der Waals surface area contributed by atoms with Crippen molar-refractivity contribution < 1.29 is 9.84 Å². The van der Waals surface area contributed by atoms with Gasteiger partial charge in [-0.1, -0.05) is 32.4 Å². The molecule has 2 heteroatoms. The molecule has 1 aromatic rings. The van der Waals surface area contributed by atoms with Gasteiger partial charge in [0.25, 0.3) is 0 Å². The summed E-state index contributed by atoms with van der Waals surface area (Å²) in [7, 11) is 1.66. The molecule has 2 aliphatic carbocycles. The van der Waals surface area contributed by atoms with Gasteiger partial charge in [0, 0.05) is 11.3 Å². The molecule has 2 aliphatic rings. The van der Waals surface area contributed by atoms with Gasteiger partial charge in [-0.3, -0.25) is 0 Å². The summed E-state index contributed by atoms with van der Waals surface area (Å²) in [6, 6.07) is 7.75. The van der Waals surface area contributed by atoms with E-state index in [0.29, 0.717) is 0 Å². The first-order valence-corrected chi connectivity index (χ1v) is 8.35. The van der Waals surface area contributed by atoms with Crippen molar-refractivity contribution in [2.24, 2.45) is 11.3 Å². The summed E-state index contributed by atoms with van der Waals surface area (Å²) < 4.78 is 5.19. The fourth-order valence-corrected chi connectivity index (χ4v) is 3.66. The van der Waals surface area contributed by atoms with E-state index in [-0.39, 0.29) is 11.3 Å². The van der Waals surface area contributed by atoms with Crippen molar-refractivity contribution in [1.82, 2.24) is 0 Å². The van der Waals surface area contributed by atoms with Crippen LogP contribution in [0.3, 0.4) is 0 Å². The monoisotopic (exact) mass is 298 g/mol. The SMILES string of the molecule is COc1ccc(C(O)C2C(=C=C3CCCCC3)C2(C)C)cc1. The zero-order valence-electron chi connectivity index (χ0n) is 13.9. The lowest BCUT2D eigenvalue weighted by Crippen LogP contribution is -2.04. The highest BCUT2D eigenvalue weighted by molar-refractivity contribution is 5.41. The molecule has 0 heterocycles. The molecule has 0 aliphatic heterocycles. The molecule has 0 amide bonds. The van der Waals surface area contributed by atoms with Crippen LogP contribution < -0.4 is 4.74 Å². The topological polar surface area (TPSA) is 29.5 Å². The minimum Gasteiger partial charge on any atom is -0.497 e. The lowest BCUT2D eigenvalue weighted by Gasteiger charge is -2.12. The number of benzene rings is 1. The Morgan fingerprint density at radius 2 is 1.77 bits per heavy atom. The van der Waals surface area contributed by atoms with E-state index in [1.807, 2.05) is 24.3 Å². The van der Waals surface area contributed by atoms with E-state index < -0.39 is 6.10 Å². The number of aliphatic hydroxyl groups is 1. The Hall–Kier alpha value is -1.50. The zero-order chi connectivity index (χ0) is 15.7. The molecular formula is C20H26O2. The Morgan fingerprint density at radius 1 is 1.14 bits per heavy atom. The summed E-state index contributed by atoms with van der Waals surface area (Å²) in [5, 5.41) is 10.7. The summed E-state index contributed by atoms with van der Waals surface area (Å²) >= 11 is 0. The fraction of sp³-hybridized carbons (Fsp3) is 0.550. The number of hydrogen-bond donors (Lipinski definition) is 1. The minimum atomic E-state index is -0.451. The molecule has 0 aromatic heterocycles. The van der Waals surface area contributed by atoms with Crippen LogP contribution in [0, 0.1) is 11.3 Å². The predicted octanol–water partition coefficient (Wildman–Crippen LogP) is 4.80. The van der Waals surface area contributed by atoms with E-state index in [1.165, 1.54) is 43.3 Å². The van der Waals surface area contributed by atoms with Crippen molar-refractivity contribution in [2.75, 3.05) is 7.11 Å². The molecule has 118 valence electrons. The van der Waals surface area contributed by atoms with Gasteiger partial charge in [0.1, 0.15) is 5.75 Å². The van der Waals surface area contributed by atoms with E-state index in [4.69, 9.17) is 4.74 Å². The van der Waals surface area contributed by atoms with Crippen LogP contribution in [-0.2, 0) is 0 Å². The second kappa shape index (κ2) is 5.95. The molecule has 3 rings (SSSR count). The van der Waals surface area contributed by atoms with E-state index in [2.05, 4.69) is 19.6 Å². The van der Waals surface area contributed by atoms with Crippen molar-refractivity contribution in [3.63, 3.8) is 0 Å². The molecule has 0 radical (unpaired) electrons. The Bertz CT molecular complexity index is 595. The Labute approximate surface area is 133 Å². The average molecular weight is 298 g/mol. The van der Waals surface area contributed by atoms with Crippen LogP contribution in [0.5, 0.6) is 5.75 Å². The van der Waals surface area contributed by atoms with Crippen LogP contribution in [-0.4, -0.2) is 12.2 Å². The van der Waals surface area contributed by atoms with Crippen LogP contribution in [0.25, 0.3) is 0 Å². The molecule has 0 bridgehead atoms. The normalized spacial score (nSPS) is 24.6. The average Bonchev–Trinajstić information content (AvgIpc) is 3.08. The highest BCUT2D eigenvalue weighted by Crippen LogP contribution is 2.62. The number of ether oxygens (including phenoxy) is 1. The highest BCUT2D eigenvalue weighted by Gasteiger charge is 2.56. The second-order valence-corrected chi connectivity index (χ2v) is 7.12. The van der Waals surface area contributed by atoms with Crippen LogP contribution in [0.1, 0.15) is 57.6 Å². The molecule has 1 aromatic carbocycles. The number of methoxy groups -OCH3 is 1. The van der Waals surface area contributed by atoms with Crippen molar-refractivity contribution in [1.29, 1.82) is 0 Å². The number of rotatable bonds is 3. The summed E-state index contributed by atoms with van der Waals surface area (Å²) in [5.74, 6) is 1.02. The van der Waals surface area contributed by atoms with Gasteiger partial charge < -0.3 is 9.84 Å². The van der Waals surface area contributed by atoms with E-state index in [0.717, 1.165) is 11.3 Å². The summed E-state index contributed by atoms with van der Waals surface area (Å²) in [5.41, 5.74) is 7.43. The molecular weight excluding hydrogens is 272 g/mol. The van der Waals surface area contributed by atoms with Crippen molar-refractivity contribution in [3.05, 3.63) is 46.7 Å². The largest absolute Gasteiger partial charge is 0.497 e. The van der Waals surface area contributed by atoms with Crippen LogP contribution in [0.4, 0.5) is 0 Å². The van der Waals surface area contributed by atoms with E-state index >= 15 is 0 Å². The van der Waals surface area contributed by atoms with E-state index in [1.54, 1.807) is 7.11 Å². The lowest BCUT2D eigenvalue weighted by molar-refractivity contribution is 0.140. The minimum absolute atomic E-state index is 0.0593. The van der Waals surface area contributed by atoms with Gasteiger partial charge in [-0.2, -0.15) is 0 Å². The zero-order valence-corrected chi connectivity index (χ0v) is 13.9. The van der Waals surface area contributed by atoms with Crippen molar-refractivity contribution in [3.8, 4) is 5.75 Å². The molecule has 2 atom stereocenters. The van der Waals surface area contributed by atoms with Gasteiger partial charge in [0.15, 0.2) is 0 Å². The molecule has 22 heavy (non-hydrogen) atoms. The quantitative estimate of drug-likeness (QED) is 0.812. The predicted molar refractivity (Wildman–Crippen MR) is 88.8 cm³/mol. The Kier molecular flexibility index (Phi) is 4.16. The third-order valence-corrected chi connectivity index (χ3v) is 5.24. The van der Waals surface area contributed by atoms with Crippen molar-refractivity contribution >= 4 is 0 Å². The van der Waals surface area contributed by atoms with Gasteiger partial charge in [0.2, 0.25) is 0 Å². The van der Waals surface area contributed by atoms with Crippen LogP contribution in [0.2, 0.25) is 0 Å². The number of aliphatic hydroxyl groups excluding tert-OH is 1. The van der Waals surface area contributed by atoms with Gasteiger partial charge in [-0.05, 0) is 54.5 Å². The first-order chi connectivity index (χ1) is 10.5. The van der Waals surface area contributed by atoms with E-state index in [9.17, 15) is 5.11 Å². The maximum atomic E-state index is 10.7. The number of hydrogen-bond acceptors (Lipinski definition) is 2. The molecule has 0 saturated heterocycles. The van der Waals surface area contributed by atoms with Gasteiger partial charge in [-0.15, -0.1) is 5.73 Å².